The van der Waals surface area contributed by atoms with Crippen molar-refractivity contribution in [2.45, 2.75) is 31.0 Å². The number of nitrogens with one attached hydrogen (secondary N) is 1. The lowest BCUT2D eigenvalue weighted by molar-refractivity contribution is -0.0986. The first-order chi connectivity index (χ1) is 10.0. The molecule has 1 fully saturated rings. The molecule has 0 radical (unpaired) electrons. The van der Waals surface area contributed by atoms with Crippen LogP contribution in [0.4, 0.5) is 0 Å². The average molecular weight is 338 g/mol. The fraction of sp³-hybridized carbons (Fsp3) is 0.600. The summed E-state index contributed by atoms with van der Waals surface area (Å²) >= 11 is 0. The Bertz CT molecular complexity index is 705. The van der Waals surface area contributed by atoms with Crippen LogP contribution in [0.2, 0.25) is 0 Å². The van der Waals surface area contributed by atoms with Gasteiger partial charge in [-0.15, -0.1) is 0 Å². The maximum absolute atomic E-state index is 11.7. The molecular formula is C10H15N2O9P. The van der Waals surface area contributed by atoms with Crippen LogP contribution in [-0.4, -0.2) is 54.0 Å². The van der Waals surface area contributed by atoms with Crippen molar-refractivity contribution in [3.63, 3.8) is 0 Å². The molecular weight excluding hydrogens is 323 g/mol. The Morgan fingerprint density at radius 3 is 2.68 bits per heavy atom. The third-order valence-corrected chi connectivity index (χ3v) is 3.75. The highest BCUT2D eigenvalue weighted by atomic mass is 31.2. The van der Waals surface area contributed by atoms with Gasteiger partial charge in [0, 0.05) is 12.3 Å². The largest absolute Gasteiger partial charge is 0.469 e. The molecule has 1 saturated heterocycles. The number of hydrogen-bond donors (Lipinski definition) is 5. The van der Waals surface area contributed by atoms with Gasteiger partial charge in [-0.25, -0.2) is 9.36 Å². The van der Waals surface area contributed by atoms with Crippen molar-refractivity contribution in [1.82, 2.24) is 9.55 Å². The van der Waals surface area contributed by atoms with E-state index in [1.165, 1.54) is 6.92 Å². The Kier molecular flexibility index (Phi) is 4.42. The second-order valence-electron chi connectivity index (χ2n) is 5.00. The highest BCUT2D eigenvalue weighted by Gasteiger charge is 2.53. The molecule has 0 aliphatic carbocycles. The topological polar surface area (TPSA) is 171 Å². The second-order valence-corrected chi connectivity index (χ2v) is 6.24. The Balaban J connectivity index is 2.28. The van der Waals surface area contributed by atoms with Crippen LogP contribution in [0.15, 0.2) is 21.9 Å². The van der Waals surface area contributed by atoms with E-state index in [0.29, 0.717) is 0 Å². The number of aromatic nitrogens is 2. The van der Waals surface area contributed by atoms with Crippen LogP contribution in [0.3, 0.4) is 0 Å². The molecule has 1 aliphatic rings. The molecule has 12 heteroatoms. The summed E-state index contributed by atoms with van der Waals surface area (Å²) in [5.41, 5.74) is -3.48. The molecule has 0 amide bonds. The lowest BCUT2D eigenvalue weighted by Crippen LogP contribution is -2.46. The molecule has 1 aromatic rings. The van der Waals surface area contributed by atoms with E-state index in [1.54, 1.807) is 0 Å². The molecule has 2 rings (SSSR count). The Morgan fingerprint density at radius 1 is 1.50 bits per heavy atom. The summed E-state index contributed by atoms with van der Waals surface area (Å²) in [6.45, 7) is 0.480. The van der Waals surface area contributed by atoms with Gasteiger partial charge in [-0.1, -0.05) is 0 Å². The van der Waals surface area contributed by atoms with Gasteiger partial charge in [0.2, 0.25) is 0 Å². The van der Waals surface area contributed by atoms with Gasteiger partial charge in [0.05, 0.1) is 6.61 Å². The maximum Gasteiger partial charge on any atom is 0.469 e. The Labute approximate surface area is 123 Å². The van der Waals surface area contributed by atoms with Gasteiger partial charge in [-0.3, -0.25) is 18.9 Å². The summed E-state index contributed by atoms with van der Waals surface area (Å²) in [6.07, 6.45) is -3.18. The van der Waals surface area contributed by atoms with E-state index in [0.717, 1.165) is 16.8 Å². The Morgan fingerprint density at radius 2 is 2.14 bits per heavy atom. The summed E-state index contributed by atoms with van der Waals surface area (Å²) in [4.78, 5) is 42.0. The molecule has 0 saturated carbocycles. The van der Waals surface area contributed by atoms with E-state index < -0.39 is 49.7 Å². The molecule has 22 heavy (non-hydrogen) atoms. The maximum atomic E-state index is 11.7. The van der Waals surface area contributed by atoms with Crippen molar-refractivity contribution < 1.29 is 33.8 Å². The SMILES string of the molecule is CC1(O)[C@@H](O)[C@@H](COP(=O)(O)O)O[C@H]1n1ccc(=O)[nH]c1=O. The van der Waals surface area contributed by atoms with Gasteiger partial charge in [-0.05, 0) is 6.92 Å². The third-order valence-electron chi connectivity index (χ3n) is 3.27. The van der Waals surface area contributed by atoms with Crippen molar-refractivity contribution in [3.05, 3.63) is 33.1 Å². The number of ether oxygens (including phenoxy) is 1. The molecule has 4 atom stereocenters. The van der Waals surface area contributed by atoms with E-state index in [1.807, 2.05) is 4.98 Å². The minimum Gasteiger partial charge on any atom is -0.387 e. The zero-order valence-corrected chi connectivity index (χ0v) is 12.2. The number of rotatable bonds is 4. The van der Waals surface area contributed by atoms with Gasteiger partial charge in [-0.2, -0.15) is 0 Å². The molecule has 0 spiro atoms. The predicted molar refractivity (Wildman–Crippen MR) is 69.9 cm³/mol. The van der Waals surface area contributed by atoms with Crippen LogP contribution in [0.5, 0.6) is 0 Å². The minimum absolute atomic E-state index is 0.652. The van der Waals surface area contributed by atoms with Crippen LogP contribution in [0.1, 0.15) is 13.2 Å². The number of aliphatic hydroxyl groups excluding tert-OH is 1. The number of hydrogen-bond acceptors (Lipinski definition) is 7. The lowest BCUT2D eigenvalue weighted by atomic mass is 9.96. The summed E-state index contributed by atoms with van der Waals surface area (Å²) in [5, 5.41) is 20.3. The van der Waals surface area contributed by atoms with Gasteiger partial charge in [0.1, 0.15) is 17.8 Å². The number of H-pyrrole nitrogens is 1. The van der Waals surface area contributed by atoms with Crippen molar-refractivity contribution in [3.8, 4) is 0 Å². The van der Waals surface area contributed by atoms with Crippen LogP contribution in [-0.2, 0) is 13.8 Å². The first-order valence-electron chi connectivity index (χ1n) is 6.10. The number of aromatic amines is 1. The summed E-state index contributed by atoms with van der Waals surface area (Å²) in [6, 6.07) is 1.02. The van der Waals surface area contributed by atoms with Gasteiger partial charge in [0.25, 0.3) is 5.56 Å². The Hall–Kier alpha value is -1.33. The number of phosphoric ester groups is 1. The van der Waals surface area contributed by atoms with Crippen LogP contribution >= 0.6 is 7.82 Å². The molecule has 1 unspecified atom stereocenters. The van der Waals surface area contributed by atoms with Gasteiger partial charge >= 0.3 is 13.5 Å². The standard InChI is InChI=1S/C10H15N2O9P/c1-10(16)7(14)5(4-20-22(17,18)19)21-8(10)12-3-2-6(13)11-9(12)15/h2-3,5,7-8,14,16H,4H2,1H3,(H,11,13,15)(H2,17,18,19)/t5-,7+,8-,10?/m1/s1. The minimum atomic E-state index is -4.78. The van der Waals surface area contributed by atoms with Crippen molar-refractivity contribution in [2.75, 3.05) is 6.61 Å². The fourth-order valence-corrected chi connectivity index (χ4v) is 2.50. The molecule has 0 bridgehead atoms. The first kappa shape index (κ1) is 17.0. The summed E-state index contributed by atoms with van der Waals surface area (Å²) < 4.78 is 21.0. The smallest absolute Gasteiger partial charge is 0.387 e. The molecule has 1 aromatic heterocycles. The van der Waals surface area contributed by atoms with Crippen molar-refractivity contribution >= 4 is 7.82 Å². The summed E-state index contributed by atoms with van der Waals surface area (Å²) in [7, 11) is -4.78. The number of nitrogens with zero attached hydrogens (tertiary/aromatic N) is 1. The van der Waals surface area contributed by atoms with Crippen LogP contribution in [0.25, 0.3) is 0 Å². The monoisotopic (exact) mass is 338 g/mol. The molecule has 124 valence electrons. The van der Waals surface area contributed by atoms with Crippen LogP contribution in [0, 0.1) is 0 Å². The fourth-order valence-electron chi connectivity index (χ4n) is 2.16. The first-order valence-corrected chi connectivity index (χ1v) is 7.63. The van der Waals surface area contributed by atoms with E-state index in [-0.39, 0.29) is 0 Å². The molecule has 1 aliphatic heterocycles. The lowest BCUT2D eigenvalue weighted by Gasteiger charge is -2.27. The highest BCUT2D eigenvalue weighted by Crippen LogP contribution is 2.41. The van der Waals surface area contributed by atoms with Crippen molar-refractivity contribution in [2.24, 2.45) is 0 Å². The normalized spacial score (nSPS) is 32.3. The van der Waals surface area contributed by atoms with E-state index in [9.17, 15) is 24.4 Å². The summed E-state index contributed by atoms with van der Waals surface area (Å²) in [5.74, 6) is 0. The number of aliphatic hydroxyl groups is 2. The average Bonchev–Trinajstić information content (AvgIpc) is 2.59. The zero-order valence-electron chi connectivity index (χ0n) is 11.3. The van der Waals surface area contributed by atoms with E-state index in [2.05, 4.69) is 4.52 Å². The highest BCUT2D eigenvalue weighted by molar-refractivity contribution is 7.46. The van der Waals surface area contributed by atoms with Gasteiger partial charge < -0.3 is 24.7 Å². The van der Waals surface area contributed by atoms with Gasteiger partial charge in [0.15, 0.2) is 6.23 Å². The quantitative estimate of drug-likeness (QED) is 0.377. The second kappa shape index (κ2) is 5.70. The molecule has 2 heterocycles. The van der Waals surface area contributed by atoms with E-state index in [4.69, 9.17) is 14.5 Å². The predicted octanol–water partition coefficient (Wildman–Crippen LogP) is -2.34. The molecule has 11 nitrogen and oxygen atoms in total. The zero-order chi connectivity index (χ0) is 16.7. The van der Waals surface area contributed by atoms with Crippen molar-refractivity contribution in [1.29, 1.82) is 0 Å². The molecule has 0 aromatic carbocycles. The third kappa shape index (κ3) is 3.36. The van der Waals surface area contributed by atoms with E-state index >= 15 is 0 Å². The van der Waals surface area contributed by atoms with Crippen LogP contribution < -0.4 is 11.2 Å². The molecule has 5 N–H and O–H groups in total. The number of phosphoric acid groups is 1.